The van der Waals surface area contributed by atoms with E-state index in [0.29, 0.717) is 11.4 Å². The Morgan fingerprint density at radius 1 is 1.26 bits per heavy atom. The predicted molar refractivity (Wildman–Crippen MR) is 94.3 cm³/mol. The van der Waals surface area contributed by atoms with Crippen LogP contribution in [0.1, 0.15) is 16.3 Å². The lowest BCUT2D eigenvalue weighted by molar-refractivity contribution is 0.580. The van der Waals surface area contributed by atoms with Crippen LogP contribution >= 0.6 is 22.7 Å². The van der Waals surface area contributed by atoms with E-state index in [1.807, 2.05) is 16.8 Å². The van der Waals surface area contributed by atoms with Crippen molar-refractivity contribution in [2.45, 2.75) is 25.3 Å². The molecule has 3 aromatic rings. The summed E-state index contributed by atoms with van der Waals surface area (Å²) in [4.78, 5) is 1.25. The number of hydrogen-bond acceptors (Lipinski definition) is 5. The number of aromatic nitrogens is 2. The molecular formula is C15H17N3O2S3. The Morgan fingerprint density at radius 3 is 2.65 bits per heavy atom. The molecule has 3 aromatic heterocycles. The van der Waals surface area contributed by atoms with Crippen LogP contribution in [0.2, 0.25) is 0 Å². The van der Waals surface area contributed by atoms with Gasteiger partial charge < -0.3 is 0 Å². The van der Waals surface area contributed by atoms with Crippen molar-refractivity contribution in [2.75, 3.05) is 0 Å². The van der Waals surface area contributed by atoms with E-state index in [2.05, 4.69) is 21.3 Å². The molecule has 0 fully saturated rings. The van der Waals surface area contributed by atoms with Crippen LogP contribution in [0.5, 0.6) is 0 Å². The Hall–Kier alpha value is -1.48. The second kappa shape index (κ2) is 6.20. The lowest BCUT2D eigenvalue weighted by Crippen LogP contribution is -2.24. The Kier molecular flexibility index (Phi) is 4.41. The minimum atomic E-state index is -3.57. The molecular weight excluding hydrogens is 350 g/mol. The summed E-state index contributed by atoms with van der Waals surface area (Å²) < 4.78 is 29.3. The molecule has 0 saturated carbocycles. The van der Waals surface area contributed by atoms with Gasteiger partial charge in [-0.3, -0.25) is 4.68 Å². The maximum Gasteiger partial charge on any atom is 0.244 e. The average Bonchev–Trinajstić information content (AvgIpc) is 3.19. The Balaban J connectivity index is 1.77. The van der Waals surface area contributed by atoms with Crippen molar-refractivity contribution in [3.63, 3.8) is 0 Å². The van der Waals surface area contributed by atoms with Crippen LogP contribution in [0, 0.1) is 13.8 Å². The first-order valence-electron chi connectivity index (χ1n) is 6.98. The van der Waals surface area contributed by atoms with E-state index in [0.717, 1.165) is 10.4 Å². The standard InChI is InChI=1S/C15H17N3O2S3/c1-10-15(11(2)18(3)17-10)23(19,20)16-7-14-6-13(9-22-14)12-4-5-21-8-12/h4-6,8-9,16H,7H2,1-3H3. The molecule has 0 aliphatic heterocycles. The van der Waals surface area contributed by atoms with E-state index in [1.54, 1.807) is 48.3 Å². The molecule has 0 radical (unpaired) electrons. The van der Waals surface area contributed by atoms with Crippen molar-refractivity contribution in [2.24, 2.45) is 7.05 Å². The summed E-state index contributed by atoms with van der Waals surface area (Å²) in [6.45, 7) is 3.75. The summed E-state index contributed by atoms with van der Waals surface area (Å²) in [7, 11) is -1.82. The van der Waals surface area contributed by atoms with Crippen LogP contribution in [-0.4, -0.2) is 18.2 Å². The van der Waals surface area contributed by atoms with Gasteiger partial charge in [0.1, 0.15) is 4.90 Å². The highest BCUT2D eigenvalue weighted by Crippen LogP contribution is 2.27. The van der Waals surface area contributed by atoms with Crippen LogP contribution in [0.15, 0.2) is 33.2 Å². The zero-order chi connectivity index (χ0) is 16.6. The van der Waals surface area contributed by atoms with Crippen LogP contribution in [0.4, 0.5) is 0 Å². The van der Waals surface area contributed by atoms with Crippen LogP contribution < -0.4 is 4.72 Å². The van der Waals surface area contributed by atoms with E-state index in [-0.39, 0.29) is 11.4 Å². The third-order valence-electron chi connectivity index (χ3n) is 3.66. The molecule has 23 heavy (non-hydrogen) atoms. The average molecular weight is 368 g/mol. The van der Waals surface area contributed by atoms with Crippen LogP contribution in [0.3, 0.4) is 0 Å². The number of nitrogens with zero attached hydrogens (tertiary/aromatic N) is 2. The van der Waals surface area contributed by atoms with E-state index in [1.165, 1.54) is 5.56 Å². The van der Waals surface area contributed by atoms with Crippen molar-refractivity contribution in [3.8, 4) is 11.1 Å². The predicted octanol–water partition coefficient (Wildman–Crippen LogP) is 3.31. The van der Waals surface area contributed by atoms with E-state index < -0.39 is 10.0 Å². The van der Waals surface area contributed by atoms with Gasteiger partial charge in [-0.1, -0.05) is 0 Å². The molecule has 0 aliphatic rings. The van der Waals surface area contributed by atoms with E-state index >= 15 is 0 Å². The van der Waals surface area contributed by atoms with E-state index in [9.17, 15) is 8.42 Å². The Labute approximate surface area is 143 Å². The maximum absolute atomic E-state index is 12.5. The third-order valence-corrected chi connectivity index (χ3v) is 6.93. The van der Waals surface area contributed by atoms with Gasteiger partial charge in [-0.2, -0.15) is 16.4 Å². The van der Waals surface area contributed by atoms with Crippen molar-refractivity contribution in [1.82, 2.24) is 14.5 Å². The van der Waals surface area contributed by atoms with Crippen molar-refractivity contribution in [3.05, 3.63) is 44.5 Å². The highest BCUT2D eigenvalue weighted by Gasteiger charge is 2.23. The molecule has 122 valence electrons. The number of nitrogens with one attached hydrogen (secondary N) is 1. The molecule has 0 aliphatic carbocycles. The lowest BCUT2D eigenvalue weighted by atomic mass is 10.2. The number of hydrogen-bond donors (Lipinski definition) is 1. The molecule has 0 bridgehead atoms. The molecule has 0 amide bonds. The fraction of sp³-hybridized carbons (Fsp3) is 0.267. The zero-order valence-corrected chi connectivity index (χ0v) is 15.5. The van der Waals surface area contributed by atoms with Gasteiger partial charge in [-0.05, 0) is 53.2 Å². The fourth-order valence-electron chi connectivity index (χ4n) is 2.43. The van der Waals surface area contributed by atoms with Gasteiger partial charge in [0.25, 0.3) is 0 Å². The number of rotatable bonds is 5. The first-order chi connectivity index (χ1) is 10.9. The lowest BCUT2D eigenvalue weighted by Gasteiger charge is -2.06. The monoisotopic (exact) mass is 367 g/mol. The van der Waals surface area contributed by atoms with Gasteiger partial charge >= 0.3 is 0 Å². The summed E-state index contributed by atoms with van der Waals surface area (Å²) in [6, 6.07) is 4.08. The van der Waals surface area contributed by atoms with Gasteiger partial charge in [0.15, 0.2) is 0 Å². The second-order valence-corrected chi connectivity index (χ2v) is 8.74. The molecule has 0 unspecified atom stereocenters. The quantitative estimate of drug-likeness (QED) is 0.752. The SMILES string of the molecule is Cc1nn(C)c(C)c1S(=O)(=O)NCc1cc(-c2ccsc2)cs1. The maximum atomic E-state index is 12.5. The first kappa shape index (κ1) is 16.4. The molecule has 0 saturated heterocycles. The summed E-state index contributed by atoms with van der Waals surface area (Å²) in [5, 5.41) is 10.3. The highest BCUT2D eigenvalue weighted by atomic mass is 32.2. The molecule has 0 spiro atoms. The summed E-state index contributed by atoms with van der Waals surface area (Å²) >= 11 is 3.20. The molecule has 8 heteroatoms. The molecule has 0 atom stereocenters. The molecule has 3 rings (SSSR count). The second-order valence-electron chi connectivity index (χ2n) is 5.26. The van der Waals surface area contributed by atoms with Crippen molar-refractivity contribution >= 4 is 32.7 Å². The van der Waals surface area contributed by atoms with Gasteiger partial charge in [0.2, 0.25) is 10.0 Å². The summed E-state index contributed by atoms with van der Waals surface area (Å²) in [5.74, 6) is 0. The normalized spacial score (nSPS) is 12.0. The molecule has 5 nitrogen and oxygen atoms in total. The summed E-state index contributed by atoms with van der Waals surface area (Å²) in [5.41, 5.74) is 3.45. The highest BCUT2D eigenvalue weighted by molar-refractivity contribution is 7.89. The van der Waals surface area contributed by atoms with Gasteiger partial charge in [-0.15, -0.1) is 11.3 Å². The number of thiophene rings is 2. The Bertz CT molecular complexity index is 921. The van der Waals surface area contributed by atoms with Gasteiger partial charge in [0, 0.05) is 18.5 Å². The Morgan fingerprint density at radius 2 is 2.04 bits per heavy atom. The summed E-state index contributed by atoms with van der Waals surface area (Å²) in [6.07, 6.45) is 0. The van der Waals surface area contributed by atoms with Gasteiger partial charge in [-0.25, -0.2) is 13.1 Å². The third kappa shape index (κ3) is 3.25. The largest absolute Gasteiger partial charge is 0.271 e. The fourth-order valence-corrected chi connectivity index (χ4v) is 5.46. The minimum absolute atomic E-state index is 0.273. The van der Waals surface area contributed by atoms with Crippen LogP contribution in [0.25, 0.3) is 11.1 Å². The van der Waals surface area contributed by atoms with Crippen LogP contribution in [-0.2, 0) is 23.6 Å². The number of aryl methyl sites for hydroxylation is 2. The molecule has 0 aromatic carbocycles. The minimum Gasteiger partial charge on any atom is -0.271 e. The molecule has 3 heterocycles. The van der Waals surface area contributed by atoms with Gasteiger partial charge in [0.05, 0.1) is 11.4 Å². The first-order valence-corrected chi connectivity index (χ1v) is 10.3. The van der Waals surface area contributed by atoms with E-state index in [4.69, 9.17) is 0 Å². The topological polar surface area (TPSA) is 64.0 Å². The smallest absolute Gasteiger partial charge is 0.244 e. The van der Waals surface area contributed by atoms with Crippen molar-refractivity contribution < 1.29 is 8.42 Å². The molecule has 1 N–H and O–H groups in total. The number of sulfonamides is 1. The zero-order valence-electron chi connectivity index (χ0n) is 13.0. The van der Waals surface area contributed by atoms with Crippen molar-refractivity contribution in [1.29, 1.82) is 0 Å².